The van der Waals surface area contributed by atoms with Gasteiger partial charge in [-0.05, 0) is 41.5 Å². The predicted molar refractivity (Wildman–Crippen MR) is 119 cm³/mol. The molecule has 6 nitrogen and oxygen atoms in total. The Morgan fingerprint density at radius 3 is 2.48 bits per heavy atom. The monoisotopic (exact) mass is 423 g/mol. The van der Waals surface area contributed by atoms with E-state index >= 15 is 0 Å². The lowest BCUT2D eigenvalue weighted by atomic mass is 9.91. The average Bonchev–Trinajstić information content (AvgIpc) is 3.37. The van der Waals surface area contributed by atoms with Crippen molar-refractivity contribution in [3.05, 3.63) is 59.5 Å². The molecule has 1 aromatic heterocycles. The zero-order valence-electron chi connectivity index (χ0n) is 18.5. The molecular weight excluding hydrogens is 390 g/mol. The highest BCUT2D eigenvalue weighted by Crippen LogP contribution is 2.24. The molecule has 4 rings (SSSR count). The van der Waals surface area contributed by atoms with Crippen molar-refractivity contribution in [2.75, 3.05) is 19.6 Å². The van der Waals surface area contributed by atoms with Gasteiger partial charge < -0.3 is 14.6 Å². The summed E-state index contributed by atoms with van der Waals surface area (Å²) in [6, 6.07) is 12.0. The van der Waals surface area contributed by atoms with Crippen molar-refractivity contribution < 1.29 is 14.0 Å². The first-order valence-electron chi connectivity index (χ1n) is 11.3. The summed E-state index contributed by atoms with van der Waals surface area (Å²) in [5, 5.41) is 3.08. The molecule has 0 aliphatic carbocycles. The summed E-state index contributed by atoms with van der Waals surface area (Å²) >= 11 is 0. The Morgan fingerprint density at radius 1 is 1.03 bits per heavy atom. The van der Waals surface area contributed by atoms with Crippen LogP contribution in [0.25, 0.3) is 0 Å². The van der Waals surface area contributed by atoms with Gasteiger partial charge in [-0.1, -0.05) is 38.1 Å². The third kappa shape index (κ3) is 5.56. The fourth-order valence-electron chi connectivity index (χ4n) is 5.06. The van der Waals surface area contributed by atoms with E-state index in [4.69, 9.17) is 4.42 Å². The van der Waals surface area contributed by atoms with Crippen LogP contribution in [0, 0.1) is 17.8 Å². The number of furan rings is 1. The van der Waals surface area contributed by atoms with E-state index in [0.29, 0.717) is 19.6 Å². The number of hydrogen-bond acceptors (Lipinski definition) is 4. The van der Waals surface area contributed by atoms with Crippen molar-refractivity contribution in [2.24, 2.45) is 17.8 Å². The molecular formula is C25H33N3O3. The molecule has 3 heterocycles. The quantitative estimate of drug-likeness (QED) is 0.741. The number of benzene rings is 1. The standard InChI is InChI=1S/C25H33N3O3/c1-18-10-19(2)14-27(13-18)15-21-7-4-3-6-20(21)12-26-25(30)22-11-24(29)28(16-22)17-23-8-5-9-31-23/h3-9,18-19,22H,10-17H2,1-2H3,(H,26,30). The number of carbonyl (C=O) groups excluding carboxylic acids is 2. The zero-order valence-corrected chi connectivity index (χ0v) is 18.5. The van der Waals surface area contributed by atoms with E-state index < -0.39 is 0 Å². The van der Waals surface area contributed by atoms with Crippen molar-refractivity contribution in [2.45, 2.75) is 46.3 Å². The van der Waals surface area contributed by atoms with Gasteiger partial charge in [-0.3, -0.25) is 14.5 Å². The summed E-state index contributed by atoms with van der Waals surface area (Å²) in [7, 11) is 0. The maximum absolute atomic E-state index is 12.8. The number of piperidine rings is 1. The summed E-state index contributed by atoms with van der Waals surface area (Å²) in [6.45, 7) is 9.18. The molecule has 0 saturated carbocycles. The van der Waals surface area contributed by atoms with E-state index in [0.717, 1.165) is 42.8 Å². The van der Waals surface area contributed by atoms with Gasteiger partial charge in [-0.2, -0.15) is 0 Å². The van der Waals surface area contributed by atoms with E-state index in [1.54, 1.807) is 11.2 Å². The largest absolute Gasteiger partial charge is 0.467 e. The summed E-state index contributed by atoms with van der Waals surface area (Å²) in [6.07, 6.45) is 3.16. The minimum Gasteiger partial charge on any atom is -0.467 e. The Morgan fingerprint density at radius 2 is 1.77 bits per heavy atom. The molecule has 1 aromatic carbocycles. The topological polar surface area (TPSA) is 65.8 Å². The first-order valence-corrected chi connectivity index (χ1v) is 11.3. The molecule has 2 aliphatic rings. The second kappa shape index (κ2) is 9.69. The van der Waals surface area contributed by atoms with Crippen molar-refractivity contribution in [3.8, 4) is 0 Å². The highest BCUT2D eigenvalue weighted by molar-refractivity contribution is 5.89. The lowest BCUT2D eigenvalue weighted by molar-refractivity contribution is -0.129. The van der Waals surface area contributed by atoms with Crippen LogP contribution in [0.3, 0.4) is 0 Å². The molecule has 0 bridgehead atoms. The average molecular weight is 424 g/mol. The van der Waals surface area contributed by atoms with Gasteiger partial charge in [0.1, 0.15) is 5.76 Å². The normalized spacial score (nSPS) is 24.5. The van der Waals surface area contributed by atoms with Crippen LogP contribution >= 0.6 is 0 Å². The number of rotatable bonds is 7. The fraction of sp³-hybridized carbons (Fsp3) is 0.520. The van der Waals surface area contributed by atoms with Crippen molar-refractivity contribution in [1.29, 1.82) is 0 Å². The second-order valence-corrected chi connectivity index (χ2v) is 9.38. The number of likely N-dealkylation sites (tertiary alicyclic amines) is 2. The van der Waals surface area contributed by atoms with Gasteiger partial charge >= 0.3 is 0 Å². The van der Waals surface area contributed by atoms with Crippen LogP contribution in [0.15, 0.2) is 47.1 Å². The molecule has 2 aliphatic heterocycles. The number of carbonyl (C=O) groups is 2. The van der Waals surface area contributed by atoms with E-state index in [-0.39, 0.29) is 24.2 Å². The smallest absolute Gasteiger partial charge is 0.225 e. The third-order valence-corrected chi connectivity index (χ3v) is 6.42. The first-order chi connectivity index (χ1) is 15.0. The van der Waals surface area contributed by atoms with E-state index in [2.05, 4.69) is 42.3 Å². The molecule has 2 amide bonds. The van der Waals surface area contributed by atoms with Gasteiger partial charge in [-0.15, -0.1) is 0 Å². The lowest BCUT2D eigenvalue weighted by Gasteiger charge is -2.35. The molecule has 2 saturated heterocycles. The second-order valence-electron chi connectivity index (χ2n) is 9.38. The lowest BCUT2D eigenvalue weighted by Crippen LogP contribution is -2.38. The van der Waals surface area contributed by atoms with Crippen LogP contribution < -0.4 is 5.32 Å². The molecule has 0 spiro atoms. The van der Waals surface area contributed by atoms with Crippen molar-refractivity contribution in [3.63, 3.8) is 0 Å². The SMILES string of the molecule is CC1CC(C)CN(Cc2ccccc2CNC(=O)C2CC(=O)N(Cc3ccco3)C2)C1. The van der Waals surface area contributed by atoms with Gasteiger partial charge in [0.25, 0.3) is 0 Å². The predicted octanol–water partition coefficient (Wildman–Crippen LogP) is 3.42. The molecule has 31 heavy (non-hydrogen) atoms. The van der Waals surface area contributed by atoms with E-state index in [9.17, 15) is 9.59 Å². The van der Waals surface area contributed by atoms with Crippen molar-refractivity contribution >= 4 is 11.8 Å². The van der Waals surface area contributed by atoms with Crippen LogP contribution in [-0.4, -0.2) is 41.2 Å². The maximum atomic E-state index is 12.8. The van der Waals surface area contributed by atoms with Crippen LogP contribution in [0.1, 0.15) is 43.6 Å². The molecule has 6 heteroatoms. The molecule has 2 fully saturated rings. The summed E-state index contributed by atoms with van der Waals surface area (Å²) in [5.74, 6) is 1.83. The third-order valence-electron chi connectivity index (χ3n) is 6.42. The van der Waals surface area contributed by atoms with E-state index in [1.807, 2.05) is 18.2 Å². The number of nitrogens with one attached hydrogen (secondary N) is 1. The van der Waals surface area contributed by atoms with Crippen molar-refractivity contribution in [1.82, 2.24) is 15.1 Å². The molecule has 166 valence electrons. The maximum Gasteiger partial charge on any atom is 0.225 e. The molecule has 2 aromatic rings. The van der Waals surface area contributed by atoms with Crippen LogP contribution in [0.2, 0.25) is 0 Å². The highest BCUT2D eigenvalue weighted by atomic mass is 16.3. The Hall–Kier alpha value is -2.60. The minimum atomic E-state index is -0.307. The van der Waals surface area contributed by atoms with E-state index in [1.165, 1.54) is 12.0 Å². The fourth-order valence-corrected chi connectivity index (χ4v) is 5.06. The van der Waals surface area contributed by atoms with Gasteiger partial charge in [0.05, 0.1) is 18.7 Å². The van der Waals surface area contributed by atoms with Gasteiger partial charge in [0.15, 0.2) is 0 Å². The van der Waals surface area contributed by atoms with Gasteiger partial charge in [0, 0.05) is 39.1 Å². The zero-order chi connectivity index (χ0) is 21.8. The Labute approximate surface area is 184 Å². The Kier molecular flexibility index (Phi) is 6.76. The van der Waals surface area contributed by atoms with Crippen LogP contribution in [0.5, 0.6) is 0 Å². The Bertz CT molecular complexity index is 885. The minimum absolute atomic E-state index is 0.00490. The van der Waals surface area contributed by atoms with Gasteiger partial charge in [-0.25, -0.2) is 0 Å². The summed E-state index contributed by atoms with van der Waals surface area (Å²) in [5.41, 5.74) is 2.42. The molecule has 3 atom stereocenters. The number of nitrogens with zero attached hydrogens (tertiary/aromatic N) is 2. The molecule has 0 radical (unpaired) electrons. The molecule has 1 N–H and O–H groups in total. The number of amides is 2. The highest BCUT2D eigenvalue weighted by Gasteiger charge is 2.34. The van der Waals surface area contributed by atoms with Crippen LogP contribution in [-0.2, 0) is 29.2 Å². The molecule has 3 unspecified atom stereocenters. The first kappa shape index (κ1) is 21.6. The van der Waals surface area contributed by atoms with Crippen LogP contribution in [0.4, 0.5) is 0 Å². The van der Waals surface area contributed by atoms with Gasteiger partial charge in [0.2, 0.25) is 11.8 Å². The Balaban J connectivity index is 1.32. The summed E-state index contributed by atoms with van der Waals surface area (Å²) < 4.78 is 5.34. The summed E-state index contributed by atoms with van der Waals surface area (Å²) in [4.78, 5) is 29.3. The number of hydrogen-bond donors (Lipinski definition) is 1.